The summed E-state index contributed by atoms with van der Waals surface area (Å²) in [6.07, 6.45) is -0.816. The molecule has 0 aliphatic heterocycles. The maximum absolute atomic E-state index is 13.0. The number of aromatic amines is 1. The topological polar surface area (TPSA) is 70.9 Å². The quantitative estimate of drug-likeness (QED) is 0.595. The summed E-state index contributed by atoms with van der Waals surface area (Å²) in [6.45, 7) is 0.443. The van der Waals surface area contributed by atoms with Gasteiger partial charge in [-0.1, -0.05) is 18.2 Å². The molecular weight excluding hydrogens is 333 g/mol. The summed E-state index contributed by atoms with van der Waals surface area (Å²) in [6, 6.07) is 8.81. The van der Waals surface area contributed by atoms with Crippen molar-refractivity contribution in [2.24, 2.45) is 0 Å². The molecule has 25 heavy (non-hydrogen) atoms. The average molecular weight is 346 g/mol. The van der Waals surface area contributed by atoms with E-state index in [0.717, 1.165) is 22.5 Å². The zero-order valence-electron chi connectivity index (χ0n) is 12.9. The first kappa shape index (κ1) is 15.4. The predicted molar refractivity (Wildman–Crippen MR) is 86.3 cm³/mol. The molecule has 4 aromatic rings. The van der Waals surface area contributed by atoms with Crippen molar-refractivity contribution in [2.45, 2.75) is 12.6 Å². The average Bonchev–Trinajstić information content (AvgIpc) is 3.21. The van der Waals surface area contributed by atoms with Crippen LogP contribution in [0.3, 0.4) is 0 Å². The van der Waals surface area contributed by atoms with Gasteiger partial charge in [0.05, 0.1) is 0 Å². The summed E-state index contributed by atoms with van der Waals surface area (Å²) in [4.78, 5) is 10.4. The Balaban J connectivity index is 1.57. The van der Waals surface area contributed by atoms with E-state index in [2.05, 4.69) is 25.4 Å². The lowest BCUT2D eigenvalue weighted by Crippen LogP contribution is -2.14. The molecule has 4 rings (SSSR count). The molecule has 3 heterocycles. The summed E-state index contributed by atoms with van der Waals surface area (Å²) in [7, 11) is 0. The van der Waals surface area contributed by atoms with Crippen LogP contribution < -0.4 is 5.32 Å². The van der Waals surface area contributed by atoms with Crippen molar-refractivity contribution in [2.75, 3.05) is 11.9 Å². The van der Waals surface area contributed by atoms with Gasteiger partial charge in [-0.25, -0.2) is 4.98 Å². The van der Waals surface area contributed by atoms with Gasteiger partial charge in [0, 0.05) is 29.7 Å². The van der Waals surface area contributed by atoms with E-state index in [1.807, 2.05) is 30.5 Å². The fourth-order valence-electron chi connectivity index (χ4n) is 2.75. The van der Waals surface area contributed by atoms with Gasteiger partial charge in [-0.2, -0.15) is 27.8 Å². The van der Waals surface area contributed by atoms with Gasteiger partial charge in [0.25, 0.3) is 5.78 Å². The maximum Gasteiger partial charge on any atom is 0.433 e. The molecule has 128 valence electrons. The molecule has 0 aliphatic rings. The SMILES string of the molecule is FC(F)(F)c1cc(NCCc2c[nH]c3ccccc23)n2ncnc2n1. The van der Waals surface area contributed by atoms with Crippen LogP contribution in [0.15, 0.2) is 42.9 Å². The fourth-order valence-corrected chi connectivity index (χ4v) is 2.75. The van der Waals surface area contributed by atoms with Gasteiger partial charge in [-0.3, -0.25) is 0 Å². The number of para-hydroxylation sites is 1. The number of hydrogen-bond acceptors (Lipinski definition) is 4. The van der Waals surface area contributed by atoms with E-state index >= 15 is 0 Å². The highest BCUT2D eigenvalue weighted by Crippen LogP contribution is 2.29. The molecule has 1 aromatic carbocycles. The Kier molecular flexibility index (Phi) is 3.56. The molecule has 0 radical (unpaired) electrons. The smallest absolute Gasteiger partial charge is 0.370 e. The number of nitrogens with zero attached hydrogens (tertiary/aromatic N) is 4. The van der Waals surface area contributed by atoms with Crippen molar-refractivity contribution in [1.82, 2.24) is 24.6 Å². The van der Waals surface area contributed by atoms with Crippen molar-refractivity contribution in [1.29, 1.82) is 0 Å². The minimum Gasteiger partial charge on any atom is -0.370 e. The number of alkyl halides is 3. The van der Waals surface area contributed by atoms with Crippen molar-refractivity contribution in [3.05, 3.63) is 54.1 Å². The number of H-pyrrole nitrogens is 1. The largest absolute Gasteiger partial charge is 0.433 e. The van der Waals surface area contributed by atoms with Gasteiger partial charge < -0.3 is 10.3 Å². The first-order chi connectivity index (χ1) is 12.0. The minimum atomic E-state index is -4.54. The van der Waals surface area contributed by atoms with Crippen LogP contribution in [0, 0.1) is 0 Å². The Hall–Kier alpha value is -3.10. The maximum atomic E-state index is 13.0. The van der Waals surface area contributed by atoms with Crippen LogP contribution in [0.1, 0.15) is 11.3 Å². The highest BCUT2D eigenvalue weighted by atomic mass is 19.4. The Labute approximate surface area is 139 Å². The summed E-state index contributed by atoms with van der Waals surface area (Å²) in [5, 5.41) is 8.01. The molecule has 0 spiro atoms. The second-order valence-electron chi connectivity index (χ2n) is 5.53. The van der Waals surface area contributed by atoms with Crippen molar-refractivity contribution in [3.63, 3.8) is 0 Å². The van der Waals surface area contributed by atoms with E-state index < -0.39 is 11.9 Å². The second-order valence-corrected chi connectivity index (χ2v) is 5.53. The monoisotopic (exact) mass is 346 g/mol. The Morgan fingerprint density at radius 2 is 2.04 bits per heavy atom. The van der Waals surface area contributed by atoms with Crippen LogP contribution in [0.4, 0.5) is 19.0 Å². The second kappa shape index (κ2) is 5.76. The van der Waals surface area contributed by atoms with Crippen LogP contribution in [0.2, 0.25) is 0 Å². The van der Waals surface area contributed by atoms with E-state index in [4.69, 9.17) is 0 Å². The number of hydrogen-bond donors (Lipinski definition) is 2. The molecule has 6 nitrogen and oxygen atoms in total. The molecule has 9 heteroatoms. The van der Waals surface area contributed by atoms with Gasteiger partial charge >= 0.3 is 6.18 Å². The molecule has 3 aromatic heterocycles. The number of aromatic nitrogens is 5. The lowest BCUT2D eigenvalue weighted by molar-refractivity contribution is -0.141. The number of fused-ring (bicyclic) bond motifs is 2. The molecule has 0 atom stereocenters. The van der Waals surface area contributed by atoms with Crippen molar-refractivity contribution in [3.8, 4) is 0 Å². The summed E-state index contributed by atoms with van der Waals surface area (Å²) < 4.78 is 40.2. The third-order valence-corrected chi connectivity index (χ3v) is 3.92. The Morgan fingerprint density at radius 1 is 1.20 bits per heavy atom. The number of rotatable bonds is 4. The van der Waals surface area contributed by atoms with E-state index in [1.165, 1.54) is 10.8 Å². The molecule has 0 unspecified atom stereocenters. The molecule has 0 saturated heterocycles. The van der Waals surface area contributed by atoms with Crippen molar-refractivity contribution < 1.29 is 13.2 Å². The number of anilines is 1. The molecule has 0 aliphatic carbocycles. The minimum absolute atomic E-state index is 0.0931. The van der Waals surface area contributed by atoms with Gasteiger partial charge in [-0.15, -0.1) is 0 Å². The van der Waals surface area contributed by atoms with E-state index in [9.17, 15) is 13.2 Å². The molecule has 2 N–H and O–H groups in total. The normalized spacial score (nSPS) is 12.1. The third-order valence-electron chi connectivity index (χ3n) is 3.92. The highest BCUT2D eigenvalue weighted by Gasteiger charge is 2.34. The number of nitrogens with one attached hydrogen (secondary N) is 2. The van der Waals surface area contributed by atoms with Gasteiger partial charge in [0.1, 0.15) is 12.1 Å². The lowest BCUT2D eigenvalue weighted by atomic mass is 10.1. The molecule has 0 bridgehead atoms. The van der Waals surface area contributed by atoms with Crippen LogP contribution >= 0.6 is 0 Å². The summed E-state index contributed by atoms with van der Waals surface area (Å²) in [5.74, 6) is 0.110. The first-order valence-corrected chi connectivity index (χ1v) is 7.59. The lowest BCUT2D eigenvalue weighted by Gasteiger charge is -2.11. The zero-order chi connectivity index (χ0) is 17.4. The third kappa shape index (κ3) is 2.88. The van der Waals surface area contributed by atoms with E-state index in [1.54, 1.807) is 0 Å². The van der Waals surface area contributed by atoms with Crippen LogP contribution in [0.25, 0.3) is 16.7 Å². The van der Waals surface area contributed by atoms with E-state index in [0.29, 0.717) is 13.0 Å². The Morgan fingerprint density at radius 3 is 2.88 bits per heavy atom. The summed E-state index contributed by atoms with van der Waals surface area (Å²) >= 11 is 0. The van der Waals surface area contributed by atoms with Crippen LogP contribution in [-0.2, 0) is 12.6 Å². The number of halogens is 3. The Bertz CT molecular complexity index is 1030. The molecular formula is C16H13F3N6. The first-order valence-electron chi connectivity index (χ1n) is 7.59. The van der Waals surface area contributed by atoms with Crippen molar-refractivity contribution >= 4 is 22.5 Å². The number of benzene rings is 1. The highest BCUT2D eigenvalue weighted by molar-refractivity contribution is 5.83. The zero-order valence-corrected chi connectivity index (χ0v) is 12.9. The van der Waals surface area contributed by atoms with Gasteiger partial charge in [-0.05, 0) is 18.1 Å². The standard InChI is InChI=1S/C16H13F3N6/c17-16(18,19)13-7-14(25-15(24-13)22-9-23-25)20-6-5-10-8-21-12-4-2-1-3-11(10)12/h1-4,7-9,20-21H,5-6H2. The van der Waals surface area contributed by atoms with E-state index in [-0.39, 0.29) is 11.6 Å². The van der Waals surface area contributed by atoms with Crippen LogP contribution in [-0.4, -0.2) is 31.1 Å². The fraction of sp³-hybridized carbons (Fsp3) is 0.188. The molecule has 0 amide bonds. The van der Waals surface area contributed by atoms with Crippen LogP contribution in [0.5, 0.6) is 0 Å². The summed E-state index contributed by atoms with van der Waals surface area (Å²) in [5.41, 5.74) is 1.12. The predicted octanol–water partition coefficient (Wildman–Crippen LogP) is 3.28. The molecule has 0 fully saturated rings. The molecule has 0 saturated carbocycles. The van der Waals surface area contributed by atoms with Gasteiger partial charge in [0.2, 0.25) is 0 Å². The van der Waals surface area contributed by atoms with Gasteiger partial charge in [0.15, 0.2) is 5.69 Å².